The molecule has 7 heteroatoms. The van der Waals surface area contributed by atoms with Gasteiger partial charge in [0.2, 0.25) is 0 Å². The molecule has 1 fully saturated rings. The first-order chi connectivity index (χ1) is 15.1. The van der Waals surface area contributed by atoms with Crippen molar-refractivity contribution in [2.24, 2.45) is 5.92 Å². The lowest BCUT2D eigenvalue weighted by molar-refractivity contribution is -0.138. The smallest absolute Gasteiger partial charge is 0.278 e. The number of likely N-dealkylation sites (tertiary alicyclic amines) is 1. The molecule has 1 aromatic heterocycles. The number of piperidine rings is 1. The second-order valence-electron chi connectivity index (χ2n) is 8.01. The molecule has 4 rings (SSSR count). The van der Waals surface area contributed by atoms with Crippen molar-refractivity contribution >= 4 is 17.4 Å². The van der Waals surface area contributed by atoms with Crippen molar-refractivity contribution in [2.45, 2.75) is 32.7 Å². The second-order valence-corrected chi connectivity index (χ2v) is 8.01. The highest BCUT2D eigenvalue weighted by Gasteiger charge is 2.42. The molecular formula is C24H28N2O5. The van der Waals surface area contributed by atoms with Gasteiger partial charge in [0.15, 0.2) is 0 Å². The van der Waals surface area contributed by atoms with Crippen LogP contribution in [0.2, 0.25) is 0 Å². The van der Waals surface area contributed by atoms with E-state index in [0.29, 0.717) is 42.3 Å². The van der Waals surface area contributed by atoms with Gasteiger partial charge in [0.05, 0.1) is 25.0 Å². The predicted molar refractivity (Wildman–Crippen MR) is 115 cm³/mol. The molecule has 1 atom stereocenters. The van der Waals surface area contributed by atoms with Gasteiger partial charge in [-0.1, -0.05) is 19.1 Å². The highest BCUT2D eigenvalue weighted by atomic mass is 16.5. The Morgan fingerprint density at radius 3 is 2.65 bits per heavy atom. The number of furan rings is 1. The van der Waals surface area contributed by atoms with E-state index in [1.165, 1.54) is 11.2 Å². The van der Waals surface area contributed by atoms with Gasteiger partial charge >= 0.3 is 0 Å². The minimum Gasteiger partial charge on any atom is -0.494 e. The number of imide groups is 1. The SMILES string of the molecule is CCCOc1ccc(C2=C(N3CCCC(CO)C3)C(=O)N(Cc3ccco3)C2=O)cc1. The van der Waals surface area contributed by atoms with E-state index >= 15 is 0 Å². The average Bonchev–Trinajstić information content (AvgIpc) is 3.40. The molecule has 0 saturated carbocycles. The molecule has 0 aliphatic carbocycles. The molecule has 0 bridgehead atoms. The number of carbonyl (C=O) groups excluding carboxylic acids is 2. The fourth-order valence-corrected chi connectivity index (χ4v) is 4.17. The Labute approximate surface area is 181 Å². The molecule has 1 unspecified atom stereocenters. The molecule has 1 saturated heterocycles. The zero-order valence-corrected chi connectivity index (χ0v) is 17.8. The summed E-state index contributed by atoms with van der Waals surface area (Å²) in [4.78, 5) is 30.0. The number of hydrogen-bond acceptors (Lipinski definition) is 6. The van der Waals surface area contributed by atoms with E-state index in [4.69, 9.17) is 9.15 Å². The van der Waals surface area contributed by atoms with Gasteiger partial charge in [0.25, 0.3) is 11.8 Å². The largest absolute Gasteiger partial charge is 0.494 e. The van der Waals surface area contributed by atoms with E-state index in [2.05, 4.69) is 0 Å². The van der Waals surface area contributed by atoms with Crippen molar-refractivity contribution in [3.63, 3.8) is 0 Å². The summed E-state index contributed by atoms with van der Waals surface area (Å²) in [5.41, 5.74) is 1.50. The van der Waals surface area contributed by atoms with Crippen molar-refractivity contribution in [3.05, 3.63) is 59.7 Å². The van der Waals surface area contributed by atoms with Crippen LogP contribution in [0.15, 0.2) is 52.8 Å². The third-order valence-corrected chi connectivity index (χ3v) is 5.75. The second kappa shape index (κ2) is 9.39. The highest BCUT2D eigenvalue weighted by molar-refractivity contribution is 6.35. The van der Waals surface area contributed by atoms with Crippen molar-refractivity contribution in [3.8, 4) is 5.75 Å². The molecule has 1 aromatic carbocycles. The molecule has 0 radical (unpaired) electrons. The van der Waals surface area contributed by atoms with Crippen LogP contribution in [0, 0.1) is 5.92 Å². The van der Waals surface area contributed by atoms with Gasteiger partial charge in [-0.3, -0.25) is 14.5 Å². The van der Waals surface area contributed by atoms with Gasteiger partial charge in [-0.05, 0) is 55.0 Å². The maximum Gasteiger partial charge on any atom is 0.278 e. The van der Waals surface area contributed by atoms with Crippen LogP contribution in [0.3, 0.4) is 0 Å². The quantitative estimate of drug-likeness (QED) is 0.656. The lowest BCUT2D eigenvalue weighted by Gasteiger charge is -2.34. The van der Waals surface area contributed by atoms with E-state index in [1.54, 1.807) is 12.1 Å². The first kappa shape index (κ1) is 21.2. The normalized spacial score (nSPS) is 19.5. The Kier molecular flexibility index (Phi) is 6.42. The van der Waals surface area contributed by atoms with Gasteiger partial charge in [-0.2, -0.15) is 0 Å². The first-order valence-corrected chi connectivity index (χ1v) is 10.8. The summed E-state index contributed by atoms with van der Waals surface area (Å²) in [6.45, 7) is 4.06. The third-order valence-electron chi connectivity index (χ3n) is 5.75. The van der Waals surface area contributed by atoms with E-state index in [1.807, 2.05) is 36.1 Å². The zero-order valence-electron chi connectivity index (χ0n) is 17.8. The summed E-state index contributed by atoms with van der Waals surface area (Å²) in [6.07, 6.45) is 4.22. The number of hydrogen-bond donors (Lipinski definition) is 1. The lowest BCUT2D eigenvalue weighted by Crippen LogP contribution is -2.40. The van der Waals surface area contributed by atoms with Crippen LogP contribution < -0.4 is 4.74 Å². The van der Waals surface area contributed by atoms with Crippen LogP contribution in [0.5, 0.6) is 5.75 Å². The summed E-state index contributed by atoms with van der Waals surface area (Å²) in [5.74, 6) is 0.730. The van der Waals surface area contributed by atoms with Crippen LogP contribution in [0.4, 0.5) is 0 Å². The molecule has 1 N–H and O–H groups in total. The fraction of sp³-hybridized carbons (Fsp3) is 0.417. The summed E-state index contributed by atoms with van der Waals surface area (Å²) in [5, 5.41) is 9.65. The summed E-state index contributed by atoms with van der Waals surface area (Å²) < 4.78 is 11.0. The number of carbonyl (C=O) groups is 2. The first-order valence-electron chi connectivity index (χ1n) is 10.8. The molecule has 2 aliphatic rings. The third kappa shape index (κ3) is 4.37. The molecule has 2 amide bonds. The van der Waals surface area contributed by atoms with Crippen LogP contribution in [-0.4, -0.2) is 53.0 Å². The Balaban J connectivity index is 1.69. The van der Waals surface area contributed by atoms with E-state index < -0.39 is 0 Å². The zero-order chi connectivity index (χ0) is 21.8. The molecule has 7 nitrogen and oxygen atoms in total. The van der Waals surface area contributed by atoms with Gasteiger partial charge in [-0.15, -0.1) is 0 Å². The van der Waals surface area contributed by atoms with Gasteiger partial charge in [-0.25, -0.2) is 0 Å². The molecule has 164 valence electrons. The minimum absolute atomic E-state index is 0.0703. The standard InChI is InChI=1S/C24H28N2O5/c1-2-12-30-19-9-7-18(8-10-19)21-22(25-11-3-5-17(14-25)16-27)24(29)26(23(21)28)15-20-6-4-13-31-20/h4,6-10,13,17,27H,2-3,5,11-12,14-16H2,1H3. The van der Waals surface area contributed by atoms with Crippen LogP contribution in [0.25, 0.3) is 5.57 Å². The Hall–Kier alpha value is -3.06. The lowest BCUT2D eigenvalue weighted by atomic mass is 9.97. The topological polar surface area (TPSA) is 83.2 Å². The van der Waals surface area contributed by atoms with Gasteiger partial charge in [0, 0.05) is 19.7 Å². The minimum atomic E-state index is -0.329. The van der Waals surface area contributed by atoms with E-state index in [0.717, 1.165) is 25.0 Å². The summed E-state index contributed by atoms with van der Waals surface area (Å²) in [7, 11) is 0. The Bertz CT molecular complexity index is 949. The monoisotopic (exact) mass is 424 g/mol. The number of rotatable bonds is 8. The number of amides is 2. The Morgan fingerprint density at radius 2 is 1.97 bits per heavy atom. The molecule has 2 aromatic rings. The van der Waals surface area contributed by atoms with Crippen LogP contribution in [0.1, 0.15) is 37.5 Å². The van der Waals surface area contributed by atoms with Crippen molar-refractivity contribution < 1.29 is 23.8 Å². The van der Waals surface area contributed by atoms with E-state index in [-0.39, 0.29) is 30.9 Å². The Morgan fingerprint density at radius 1 is 1.16 bits per heavy atom. The van der Waals surface area contributed by atoms with Crippen molar-refractivity contribution in [2.75, 3.05) is 26.3 Å². The van der Waals surface area contributed by atoms with Gasteiger partial charge in [0.1, 0.15) is 17.2 Å². The van der Waals surface area contributed by atoms with Crippen LogP contribution in [-0.2, 0) is 16.1 Å². The summed E-state index contributed by atoms with van der Waals surface area (Å²) >= 11 is 0. The number of benzene rings is 1. The molecule has 2 aliphatic heterocycles. The number of nitrogens with zero attached hydrogens (tertiary/aromatic N) is 2. The maximum absolute atomic E-state index is 13.4. The summed E-state index contributed by atoms with van der Waals surface area (Å²) in [6, 6.07) is 10.8. The molecule has 31 heavy (non-hydrogen) atoms. The fourth-order valence-electron chi connectivity index (χ4n) is 4.17. The average molecular weight is 424 g/mol. The maximum atomic E-state index is 13.4. The number of aliphatic hydroxyl groups excluding tert-OH is 1. The molecule has 0 spiro atoms. The number of aliphatic hydroxyl groups is 1. The highest BCUT2D eigenvalue weighted by Crippen LogP contribution is 2.35. The number of ether oxygens (including phenoxy) is 1. The molecular weight excluding hydrogens is 396 g/mol. The van der Waals surface area contributed by atoms with E-state index in [9.17, 15) is 14.7 Å². The van der Waals surface area contributed by atoms with Crippen molar-refractivity contribution in [1.29, 1.82) is 0 Å². The van der Waals surface area contributed by atoms with Gasteiger partial charge < -0.3 is 19.2 Å². The van der Waals surface area contributed by atoms with Crippen molar-refractivity contribution in [1.82, 2.24) is 9.80 Å². The van der Waals surface area contributed by atoms with Crippen LogP contribution >= 0.6 is 0 Å². The molecule has 3 heterocycles. The predicted octanol–water partition coefficient (Wildman–Crippen LogP) is 3.05.